The first-order chi connectivity index (χ1) is 11.1. The van der Waals surface area contributed by atoms with Gasteiger partial charge in [-0.25, -0.2) is 9.97 Å². The molecule has 3 rings (SSSR count). The Bertz CT molecular complexity index is 537. The second-order valence-electron chi connectivity index (χ2n) is 6.94. The van der Waals surface area contributed by atoms with Crippen LogP contribution in [0.2, 0.25) is 0 Å². The molecule has 2 fully saturated rings. The van der Waals surface area contributed by atoms with Crippen molar-refractivity contribution in [3.8, 4) is 0 Å². The van der Waals surface area contributed by atoms with Gasteiger partial charge in [0.05, 0.1) is 11.7 Å². The van der Waals surface area contributed by atoms with Crippen LogP contribution in [0, 0.1) is 5.92 Å². The summed E-state index contributed by atoms with van der Waals surface area (Å²) >= 11 is 0. The molecule has 0 bridgehead atoms. The van der Waals surface area contributed by atoms with Crippen LogP contribution in [-0.2, 0) is 9.53 Å². The van der Waals surface area contributed by atoms with Gasteiger partial charge in [0.25, 0.3) is 0 Å². The van der Waals surface area contributed by atoms with E-state index in [2.05, 4.69) is 20.2 Å². The summed E-state index contributed by atoms with van der Waals surface area (Å²) in [5.41, 5.74) is -0.106. The van der Waals surface area contributed by atoms with E-state index in [0.717, 1.165) is 44.7 Å². The predicted molar refractivity (Wildman–Crippen MR) is 88.2 cm³/mol. The van der Waals surface area contributed by atoms with Crippen LogP contribution in [0.1, 0.15) is 39.5 Å². The van der Waals surface area contributed by atoms with E-state index in [0.29, 0.717) is 6.54 Å². The minimum Gasteiger partial charge on any atom is -0.368 e. The minimum absolute atomic E-state index is 0.0183. The Labute approximate surface area is 137 Å². The van der Waals surface area contributed by atoms with Gasteiger partial charge in [0.1, 0.15) is 0 Å². The molecule has 0 unspecified atom stereocenters. The van der Waals surface area contributed by atoms with Crippen molar-refractivity contribution in [2.75, 3.05) is 24.5 Å². The van der Waals surface area contributed by atoms with Crippen LogP contribution in [0.4, 0.5) is 5.95 Å². The fourth-order valence-corrected chi connectivity index (χ4v) is 3.46. The smallest absolute Gasteiger partial charge is 0.225 e. The molecule has 2 aliphatic heterocycles. The minimum atomic E-state index is -0.106. The van der Waals surface area contributed by atoms with Crippen LogP contribution >= 0.6 is 0 Å². The molecule has 2 atom stereocenters. The second-order valence-corrected chi connectivity index (χ2v) is 6.94. The monoisotopic (exact) mass is 318 g/mol. The number of nitrogens with zero attached hydrogens (tertiary/aromatic N) is 3. The topological polar surface area (TPSA) is 67.4 Å². The Morgan fingerprint density at radius 1 is 1.43 bits per heavy atom. The van der Waals surface area contributed by atoms with Crippen molar-refractivity contribution < 1.29 is 9.53 Å². The van der Waals surface area contributed by atoms with Crippen LogP contribution < -0.4 is 10.2 Å². The summed E-state index contributed by atoms with van der Waals surface area (Å²) in [6.07, 6.45) is 7.90. The molecule has 1 spiro atoms. The predicted octanol–water partition coefficient (Wildman–Crippen LogP) is 1.77. The molecule has 126 valence electrons. The van der Waals surface area contributed by atoms with Gasteiger partial charge in [0.2, 0.25) is 11.9 Å². The molecule has 0 aromatic carbocycles. The van der Waals surface area contributed by atoms with Gasteiger partial charge in [-0.3, -0.25) is 4.79 Å². The highest BCUT2D eigenvalue weighted by Gasteiger charge is 2.43. The number of amides is 1. The molecule has 1 N–H and O–H groups in total. The lowest BCUT2D eigenvalue weighted by Crippen LogP contribution is -2.47. The Balaban J connectivity index is 1.57. The SMILES string of the molecule is CC(C)C(=O)NC[C@@H]1CCC[C@]2(CCN(c3ncccn3)C2)O1. The number of carbonyl (C=O) groups excluding carboxylic acids is 1. The first kappa shape index (κ1) is 16.2. The molecular weight excluding hydrogens is 292 g/mol. The number of ether oxygens (including phenoxy) is 1. The molecule has 6 heteroatoms. The van der Waals surface area contributed by atoms with Crippen molar-refractivity contribution in [3.63, 3.8) is 0 Å². The summed E-state index contributed by atoms with van der Waals surface area (Å²) in [4.78, 5) is 22.6. The van der Waals surface area contributed by atoms with Gasteiger partial charge in [-0.1, -0.05) is 13.8 Å². The number of nitrogens with one attached hydrogen (secondary N) is 1. The van der Waals surface area contributed by atoms with E-state index >= 15 is 0 Å². The Morgan fingerprint density at radius 2 is 2.22 bits per heavy atom. The Morgan fingerprint density at radius 3 is 2.96 bits per heavy atom. The van der Waals surface area contributed by atoms with E-state index in [1.54, 1.807) is 12.4 Å². The Hall–Kier alpha value is -1.69. The Kier molecular flexibility index (Phi) is 4.80. The molecule has 1 aromatic heterocycles. The standard InChI is InChI=1S/C17H26N4O2/c1-13(2)15(22)20-11-14-5-3-6-17(23-14)7-10-21(12-17)16-18-8-4-9-19-16/h4,8-9,13-14H,3,5-7,10-12H2,1-2H3,(H,20,22)/t14-,17+/m0/s1. The molecular formula is C17H26N4O2. The van der Waals surface area contributed by atoms with E-state index in [9.17, 15) is 4.79 Å². The zero-order valence-corrected chi connectivity index (χ0v) is 14.0. The maximum absolute atomic E-state index is 11.7. The third-order valence-corrected chi connectivity index (χ3v) is 4.75. The lowest BCUT2D eigenvalue weighted by atomic mass is 9.90. The fraction of sp³-hybridized carbons (Fsp3) is 0.706. The number of carbonyl (C=O) groups is 1. The molecule has 3 heterocycles. The molecule has 23 heavy (non-hydrogen) atoms. The van der Waals surface area contributed by atoms with E-state index in [1.165, 1.54) is 0 Å². The number of hydrogen-bond acceptors (Lipinski definition) is 5. The van der Waals surface area contributed by atoms with Gasteiger partial charge < -0.3 is 15.0 Å². The lowest BCUT2D eigenvalue weighted by Gasteiger charge is -2.38. The summed E-state index contributed by atoms with van der Waals surface area (Å²) in [7, 11) is 0. The number of rotatable bonds is 4. The number of hydrogen-bond donors (Lipinski definition) is 1. The first-order valence-electron chi connectivity index (χ1n) is 8.55. The van der Waals surface area contributed by atoms with Gasteiger partial charge in [-0.15, -0.1) is 0 Å². The molecule has 2 aliphatic rings. The molecule has 0 radical (unpaired) electrons. The summed E-state index contributed by atoms with van der Waals surface area (Å²) < 4.78 is 6.40. The van der Waals surface area contributed by atoms with E-state index in [4.69, 9.17) is 4.74 Å². The van der Waals surface area contributed by atoms with Gasteiger partial charge in [0, 0.05) is 37.9 Å². The fourth-order valence-electron chi connectivity index (χ4n) is 3.46. The van der Waals surface area contributed by atoms with Crippen molar-refractivity contribution in [1.29, 1.82) is 0 Å². The lowest BCUT2D eigenvalue weighted by molar-refractivity contribution is -0.130. The van der Waals surface area contributed by atoms with Gasteiger partial charge in [-0.2, -0.15) is 0 Å². The van der Waals surface area contributed by atoms with Crippen LogP contribution in [0.5, 0.6) is 0 Å². The molecule has 0 aliphatic carbocycles. The van der Waals surface area contributed by atoms with Crippen molar-refractivity contribution in [1.82, 2.24) is 15.3 Å². The highest BCUT2D eigenvalue weighted by Crippen LogP contribution is 2.37. The van der Waals surface area contributed by atoms with Crippen molar-refractivity contribution in [2.45, 2.75) is 51.2 Å². The number of anilines is 1. The molecule has 0 saturated carbocycles. The largest absolute Gasteiger partial charge is 0.368 e. The molecule has 1 amide bonds. The summed E-state index contributed by atoms with van der Waals surface area (Å²) in [5, 5.41) is 3.00. The van der Waals surface area contributed by atoms with Gasteiger partial charge >= 0.3 is 0 Å². The summed E-state index contributed by atoms with van der Waals surface area (Å²) in [6.45, 7) is 6.20. The zero-order valence-electron chi connectivity index (χ0n) is 14.0. The highest BCUT2D eigenvalue weighted by molar-refractivity contribution is 5.77. The van der Waals surface area contributed by atoms with Crippen LogP contribution in [-0.4, -0.2) is 47.2 Å². The maximum Gasteiger partial charge on any atom is 0.225 e. The highest BCUT2D eigenvalue weighted by atomic mass is 16.5. The second kappa shape index (κ2) is 6.83. The van der Waals surface area contributed by atoms with E-state index < -0.39 is 0 Å². The molecule has 2 saturated heterocycles. The maximum atomic E-state index is 11.7. The van der Waals surface area contributed by atoms with Crippen LogP contribution in [0.15, 0.2) is 18.5 Å². The third kappa shape index (κ3) is 3.80. The molecule has 1 aromatic rings. The van der Waals surface area contributed by atoms with E-state index in [-0.39, 0.29) is 23.5 Å². The molecule has 6 nitrogen and oxygen atoms in total. The zero-order chi connectivity index (χ0) is 16.3. The third-order valence-electron chi connectivity index (χ3n) is 4.75. The number of aromatic nitrogens is 2. The quantitative estimate of drug-likeness (QED) is 0.916. The summed E-state index contributed by atoms with van der Waals surface area (Å²) in [6, 6.07) is 1.83. The average Bonchev–Trinajstić information content (AvgIpc) is 2.97. The van der Waals surface area contributed by atoms with E-state index in [1.807, 2.05) is 19.9 Å². The average molecular weight is 318 g/mol. The van der Waals surface area contributed by atoms with Gasteiger partial charge in [0.15, 0.2) is 0 Å². The first-order valence-corrected chi connectivity index (χ1v) is 8.55. The normalized spacial score (nSPS) is 27.6. The van der Waals surface area contributed by atoms with Gasteiger partial charge in [-0.05, 0) is 31.7 Å². The van der Waals surface area contributed by atoms with Crippen molar-refractivity contribution in [3.05, 3.63) is 18.5 Å². The van der Waals surface area contributed by atoms with Crippen molar-refractivity contribution in [2.24, 2.45) is 5.92 Å². The summed E-state index contributed by atoms with van der Waals surface area (Å²) in [5.74, 6) is 0.895. The van der Waals surface area contributed by atoms with Crippen LogP contribution in [0.3, 0.4) is 0 Å². The van der Waals surface area contributed by atoms with Crippen molar-refractivity contribution >= 4 is 11.9 Å². The van der Waals surface area contributed by atoms with Crippen LogP contribution in [0.25, 0.3) is 0 Å².